The van der Waals surface area contributed by atoms with Gasteiger partial charge in [0.15, 0.2) is 0 Å². The van der Waals surface area contributed by atoms with E-state index in [1.807, 2.05) is 15.8 Å². The summed E-state index contributed by atoms with van der Waals surface area (Å²) >= 11 is 0. The van der Waals surface area contributed by atoms with Crippen LogP contribution < -0.4 is 5.73 Å². The lowest BCUT2D eigenvalue weighted by atomic mass is 10.0. The van der Waals surface area contributed by atoms with Crippen LogP contribution in [0.5, 0.6) is 0 Å². The molecular formula is C14H20N6O. The Balaban J connectivity index is 1.67. The zero-order valence-electron chi connectivity index (χ0n) is 12.1. The fourth-order valence-corrected chi connectivity index (χ4v) is 2.82. The van der Waals surface area contributed by atoms with Crippen molar-refractivity contribution in [1.29, 1.82) is 0 Å². The van der Waals surface area contributed by atoms with Gasteiger partial charge >= 0.3 is 0 Å². The normalized spacial score (nSPS) is 18.3. The zero-order valence-corrected chi connectivity index (χ0v) is 12.1. The number of H-pyrrole nitrogens is 1. The standard InChI is InChI=1S/C14H20N6O/c1-2-4-20-9-11(6-17-20)14(21)19-5-3-10(8-19)13-12(15)7-16-18-13/h6-7,9-10H,2-5,8,15H2,1H3,(H,16,18). The molecule has 0 radical (unpaired) electrons. The maximum atomic E-state index is 12.5. The molecule has 0 aromatic carbocycles. The largest absolute Gasteiger partial charge is 0.396 e. The van der Waals surface area contributed by atoms with Gasteiger partial charge in [-0.15, -0.1) is 0 Å². The van der Waals surface area contributed by atoms with Crippen LogP contribution in [0.4, 0.5) is 5.69 Å². The van der Waals surface area contributed by atoms with E-state index >= 15 is 0 Å². The number of carbonyl (C=O) groups is 1. The fraction of sp³-hybridized carbons (Fsp3) is 0.500. The zero-order chi connectivity index (χ0) is 14.8. The van der Waals surface area contributed by atoms with E-state index in [-0.39, 0.29) is 11.8 Å². The van der Waals surface area contributed by atoms with E-state index in [0.717, 1.165) is 31.6 Å². The van der Waals surface area contributed by atoms with Gasteiger partial charge in [-0.1, -0.05) is 6.92 Å². The number of aromatic amines is 1. The van der Waals surface area contributed by atoms with E-state index in [4.69, 9.17) is 5.73 Å². The Bertz CT molecular complexity index is 631. The van der Waals surface area contributed by atoms with Crippen molar-refractivity contribution in [1.82, 2.24) is 24.9 Å². The number of nitrogen functional groups attached to an aromatic ring is 1. The van der Waals surface area contributed by atoms with E-state index in [2.05, 4.69) is 22.2 Å². The highest BCUT2D eigenvalue weighted by Crippen LogP contribution is 2.29. The Morgan fingerprint density at radius 2 is 2.38 bits per heavy atom. The molecule has 0 saturated carbocycles. The predicted octanol–water partition coefficient (Wildman–Crippen LogP) is 1.23. The number of nitrogens with one attached hydrogen (secondary N) is 1. The van der Waals surface area contributed by atoms with Gasteiger partial charge in [-0.2, -0.15) is 10.2 Å². The van der Waals surface area contributed by atoms with Crippen molar-refractivity contribution in [3.8, 4) is 0 Å². The molecule has 0 spiro atoms. The van der Waals surface area contributed by atoms with Crippen LogP contribution in [0, 0.1) is 0 Å². The smallest absolute Gasteiger partial charge is 0.257 e. The molecule has 0 bridgehead atoms. The van der Waals surface area contributed by atoms with Gasteiger partial charge in [0.1, 0.15) is 0 Å². The summed E-state index contributed by atoms with van der Waals surface area (Å²) in [7, 11) is 0. The number of likely N-dealkylation sites (tertiary alicyclic amines) is 1. The highest BCUT2D eigenvalue weighted by molar-refractivity contribution is 5.94. The average Bonchev–Trinajstić information content (AvgIpc) is 3.17. The number of hydrogen-bond acceptors (Lipinski definition) is 4. The molecule has 7 heteroatoms. The molecule has 3 N–H and O–H groups in total. The molecule has 1 fully saturated rings. The van der Waals surface area contributed by atoms with Crippen molar-refractivity contribution in [3.05, 3.63) is 29.8 Å². The van der Waals surface area contributed by atoms with Gasteiger partial charge in [0, 0.05) is 31.7 Å². The Labute approximate surface area is 123 Å². The Kier molecular flexibility index (Phi) is 3.64. The lowest BCUT2D eigenvalue weighted by Crippen LogP contribution is -2.28. The first-order valence-electron chi connectivity index (χ1n) is 7.29. The summed E-state index contributed by atoms with van der Waals surface area (Å²) in [5.41, 5.74) is 8.14. The number of anilines is 1. The third-order valence-electron chi connectivity index (χ3n) is 3.92. The fourth-order valence-electron chi connectivity index (χ4n) is 2.82. The number of nitrogens with zero attached hydrogens (tertiary/aromatic N) is 4. The molecule has 21 heavy (non-hydrogen) atoms. The van der Waals surface area contributed by atoms with E-state index < -0.39 is 0 Å². The van der Waals surface area contributed by atoms with Crippen molar-refractivity contribution in [2.75, 3.05) is 18.8 Å². The van der Waals surface area contributed by atoms with E-state index in [0.29, 0.717) is 17.8 Å². The van der Waals surface area contributed by atoms with Gasteiger partial charge < -0.3 is 10.6 Å². The van der Waals surface area contributed by atoms with Crippen molar-refractivity contribution < 1.29 is 4.79 Å². The molecule has 1 aliphatic rings. The van der Waals surface area contributed by atoms with Crippen LogP contribution in [-0.2, 0) is 6.54 Å². The number of hydrogen-bond donors (Lipinski definition) is 2. The molecule has 0 aliphatic carbocycles. The van der Waals surface area contributed by atoms with Crippen LogP contribution in [0.15, 0.2) is 18.6 Å². The van der Waals surface area contributed by atoms with Crippen molar-refractivity contribution in [3.63, 3.8) is 0 Å². The minimum Gasteiger partial charge on any atom is -0.396 e. The third-order valence-corrected chi connectivity index (χ3v) is 3.92. The molecule has 112 valence electrons. The molecule has 1 atom stereocenters. The van der Waals surface area contributed by atoms with Crippen LogP contribution >= 0.6 is 0 Å². The lowest BCUT2D eigenvalue weighted by molar-refractivity contribution is 0.0790. The van der Waals surface area contributed by atoms with Gasteiger partial charge in [-0.3, -0.25) is 14.6 Å². The minimum absolute atomic E-state index is 0.0398. The molecular weight excluding hydrogens is 268 g/mol. The summed E-state index contributed by atoms with van der Waals surface area (Å²) in [6.07, 6.45) is 7.00. The number of aryl methyl sites for hydroxylation is 1. The predicted molar refractivity (Wildman–Crippen MR) is 78.8 cm³/mol. The van der Waals surface area contributed by atoms with Crippen molar-refractivity contribution in [2.24, 2.45) is 0 Å². The number of amides is 1. The number of rotatable bonds is 4. The number of carbonyl (C=O) groups excluding carboxylic acids is 1. The first-order chi connectivity index (χ1) is 10.2. The maximum absolute atomic E-state index is 12.5. The van der Waals surface area contributed by atoms with Gasteiger partial charge in [0.2, 0.25) is 0 Å². The van der Waals surface area contributed by atoms with E-state index in [1.165, 1.54) is 0 Å². The van der Waals surface area contributed by atoms with Crippen molar-refractivity contribution in [2.45, 2.75) is 32.2 Å². The molecule has 7 nitrogen and oxygen atoms in total. The quantitative estimate of drug-likeness (QED) is 0.885. The highest BCUT2D eigenvalue weighted by atomic mass is 16.2. The van der Waals surface area contributed by atoms with Crippen LogP contribution in [0.3, 0.4) is 0 Å². The number of nitrogens with two attached hydrogens (primary N) is 1. The second kappa shape index (κ2) is 5.59. The van der Waals surface area contributed by atoms with Crippen LogP contribution in [0.1, 0.15) is 41.7 Å². The summed E-state index contributed by atoms with van der Waals surface area (Å²) in [5.74, 6) is 0.278. The second-order valence-electron chi connectivity index (χ2n) is 5.47. The third kappa shape index (κ3) is 2.63. The summed E-state index contributed by atoms with van der Waals surface area (Å²) in [6.45, 7) is 4.33. The van der Waals surface area contributed by atoms with Gasteiger partial charge in [0.05, 0.1) is 29.3 Å². The van der Waals surface area contributed by atoms with Crippen LogP contribution in [0.2, 0.25) is 0 Å². The van der Waals surface area contributed by atoms with Crippen LogP contribution in [0.25, 0.3) is 0 Å². The molecule has 2 aromatic heterocycles. The monoisotopic (exact) mass is 288 g/mol. The molecule has 1 amide bonds. The molecule has 3 heterocycles. The SMILES string of the molecule is CCCn1cc(C(=O)N2CCC(c3[nH]ncc3N)C2)cn1. The summed E-state index contributed by atoms with van der Waals surface area (Å²) in [4.78, 5) is 14.3. The Hall–Kier alpha value is -2.31. The molecule has 2 aromatic rings. The van der Waals surface area contributed by atoms with Crippen LogP contribution in [-0.4, -0.2) is 43.9 Å². The maximum Gasteiger partial charge on any atom is 0.257 e. The molecule has 1 aliphatic heterocycles. The molecule has 3 rings (SSSR count). The average molecular weight is 288 g/mol. The van der Waals surface area contributed by atoms with Gasteiger partial charge in [0.25, 0.3) is 5.91 Å². The topological polar surface area (TPSA) is 92.8 Å². The first-order valence-corrected chi connectivity index (χ1v) is 7.29. The summed E-state index contributed by atoms with van der Waals surface area (Å²) in [5, 5.41) is 11.1. The molecule has 1 unspecified atom stereocenters. The Morgan fingerprint density at radius 3 is 3.10 bits per heavy atom. The van der Waals surface area contributed by atoms with Gasteiger partial charge in [-0.25, -0.2) is 0 Å². The highest BCUT2D eigenvalue weighted by Gasteiger charge is 2.30. The van der Waals surface area contributed by atoms with Crippen molar-refractivity contribution >= 4 is 11.6 Å². The summed E-state index contributed by atoms with van der Waals surface area (Å²) in [6, 6.07) is 0. The van der Waals surface area contributed by atoms with Gasteiger partial charge in [-0.05, 0) is 12.8 Å². The lowest BCUT2D eigenvalue weighted by Gasteiger charge is -2.15. The molecule has 1 saturated heterocycles. The number of aromatic nitrogens is 4. The Morgan fingerprint density at radius 1 is 1.52 bits per heavy atom. The second-order valence-corrected chi connectivity index (χ2v) is 5.47. The minimum atomic E-state index is 0.0398. The van der Waals surface area contributed by atoms with E-state index in [1.54, 1.807) is 12.4 Å². The summed E-state index contributed by atoms with van der Waals surface area (Å²) < 4.78 is 1.81. The first kappa shape index (κ1) is 13.7. The van der Waals surface area contributed by atoms with E-state index in [9.17, 15) is 4.79 Å².